The number of carbonyl (C=O) groups excluding carboxylic acids is 2. The molecule has 0 saturated carbocycles. The Morgan fingerprint density at radius 2 is 1.67 bits per heavy atom. The van der Waals surface area contributed by atoms with Crippen molar-refractivity contribution in [2.75, 3.05) is 29.5 Å². The van der Waals surface area contributed by atoms with Crippen LogP contribution in [0.2, 0.25) is 0 Å². The number of amides is 2. The SMILES string of the molecule is CNCC(=O)Nc1ccc(Nc2nccc(C3=C4C=CC=CN4NC3c3cccc(NC(=O)c4c(F)cccc4F)c3)n2)cc1. The summed E-state index contributed by atoms with van der Waals surface area (Å²) in [6.45, 7) is 0.212. The third-order valence-corrected chi connectivity index (χ3v) is 7.05. The van der Waals surface area contributed by atoms with Crippen LogP contribution < -0.4 is 26.7 Å². The fourth-order valence-corrected chi connectivity index (χ4v) is 5.05. The van der Waals surface area contributed by atoms with E-state index in [-0.39, 0.29) is 12.5 Å². The number of hydrogen-bond donors (Lipinski definition) is 5. The van der Waals surface area contributed by atoms with Crippen molar-refractivity contribution >= 4 is 40.4 Å². The lowest BCUT2D eigenvalue weighted by Gasteiger charge is -2.20. The molecule has 1 aromatic heterocycles. The second-order valence-electron chi connectivity index (χ2n) is 10.2. The first-order valence-electron chi connectivity index (χ1n) is 14.0. The number of rotatable bonds is 9. The van der Waals surface area contributed by atoms with E-state index in [1.54, 1.807) is 43.6 Å². The maximum absolute atomic E-state index is 14.2. The van der Waals surface area contributed by atoms with Crippen molar-refractivity contribution < 1.29 is 18.4 Å². The second-order valence-corrected chi connectivity index (χ2v) is 10.2. The lowest BCUT2D eigenvalue weighted by Crippen LogP contribution is -2.29. The summed E-state index contributed by atoms with van der Waals surface area (Å²) < 4.78 is 28.5. The number of benzene rings is 3. The van der Waals surface area contributed by atoms with Gasteiger partial charge >= 0.3 is 0 Å². The molecule has 6 rings (SSSR count). The maximum Gasteiger partial charge on any atom is 0.261 e. The monoisotopic (exact) mass is 606 g/mol. The van der Waals surface area contributed by atoms with Crippen LogP contribution in [0.25, 0.3) is 5.57 Å². The molecule has 4 aromatic rings. The summed E-state index contributed by atoms with van der Waals surface area (Å²) in [5.41, 5.74) is 7.74. The minimum Gasteiger partial charge on any atom is -0.325 e. The number of hydrazine groups is 1. The summed E-state index contributed by atoms with van der Waals surface area (Å²) in [6.07, 6.45) is 9.33. The van der Waals surface area contributed by atoms with Crippen LogP contribution in [-0.4, -0.2) is 40.4 Å². The Morgan fingerprint density at radius 3 is 2.44 bits per heavy atom. The number of nitrogens with one attached hydrogen (secondary N) is 5. The average molecular weight is 607 g/mol. The van der Waals surface area contributed by atoms with Crippen LogP contribution in [0.1, 0.15) is 27.7 Å². The molecule has 12 heteroatoms. The molecule has 3 aromatic carbocycles. The molecule has 0 fully saturated rings. The molecule has 226 valence electrons. The van der Waals surface area contributed by atoms with E-state index < -0.39 is 29.1 Å². The Bertz CT molecular complexity index is 1840. The van der Waals surface area contributed by atoms with Crippen LogP contribution in [0.15, 0.2) is 109 Å². The van der Waals surface area contributed by atoms with Gasteiger partial charge in [-0.2, -0.15) is 0 Å². The highest BCUT2D eigenvalue weighted by Crippen LogP contribution is 2.40. The number of fused-ring (bicyclic) bond motifs is 1. The molecular weight excluding hydrogens is 578 g/mol. The summed E-state index contributed by atoms with van der Waals surface area (Å²) in [6, 6.07) is 18.9. The van der Waals surface area contributed by atoms with Gasteiger partial charge in [0.2, 0.25) is 11.9 Å². The number of likely N-dealkylation sites (N-methyl/N-ethyl adjacent to an activating group) is 1. The molecule has 0 spiro atoms. The summed E-state index contributed by atoms with van der Waals surface area (Å²) in [5, 5.41) is 13.3. The molecule has 0 radical (unpaired) electrons. The molecule has 2 aliphatic heterocycles. The summed E-state index contributed by atoms with van der Waals surface area (Å²) in [7, 11) is 1.70. The molecule has 5 N–H and O–H groups in total. The van der Waals surface area contributed by atoms with Gasteiger partial charge in [0.25, 0.3) is 5.91 Å². The van der Waals surface area contributed by atoms with Gasteiger partial charge < -0.3 is 21.3 Å². The molecule has 10 nitrogen and oxygen atoms in total. The predicted octanol–water partition coefficient (Wildman–Crippen LogP) is 5.26. The zero-order valence-corrected chi connectivity index (χ0v) is 24.0. The van der Waals surface area contributed by atoms with E-state index in [1.807, 2.05) is 53.7 Å². The topological polar surface area (TPSA) is 123 Å². The highest BCUT2D eigenvalue weighted by molar-refractivity contribution is 6.04. The van der Waals surface area contributed by atoms with Gasteiger partial charge in [-0.15, -0.1) is 0 Å². The van der Waals surface area contributed by atoms with Crippen LogP contribution in [-0.2, 0) is 4.79 Å². The van der Waals surface area contributed by atoms with Gasteiger partial charge in [0, 0.05) is 35.0 Å². The first-order chi connectivity index (χ1) is 21.9. The average Bonchev–Trinajstić information content (AvgIpc) is 3.42. The van der Waals surface area contributed by atoms with E-state index in [2.05, 4.69) is 31.7 Å². The van der Waals surface area contributed by atoms with Gasteiger partial charge in [-0.1, -0.05) is 24.3 Å². The van der Waals surface area contributed by atoms with Gasteiger partial charge in [-0.25, -0.2) is 24.2 Å². The molecule has 0 bridgehead atoms. The van der Waals surface area contributed by atoms with Crippen LogP contribution in [0.4, 0.5) is 31.8 Å². The standard InChI is InChI=1S/C33H28F2N8O2/c1-36-19-28(44)38-21-11-13-22(14-12-21)40-33-37-16-15-26(41-33)30-27-10-2-3-17-43(27)42-31(30)20-6-4-7-23(18-20)39-32(45)29-24(34)8-5-9-25(29)35/h2-18,31,36,42H,19H2,1H3,(H,38,44)(H,39,45)(H,37,40,41). The second kappa shape index (κ2) is 12.9. The number of carbonyl (C=O) groups is 2. The van der Waals surface area contributed by atoms with Crippen molar-refractivity contribution in [1.82, 2.24) is 25.7 Å². The number of halogens is 2. The van der Waals surface area contributed by atoms with Gasteiger partial charge in [-0.05, 0) is 79.4 Å². The predicted molar refractivity (Wildman–Crippen MR) is 168 cm³/mol. The van der Waals surface area contributed by atoms with E-state index in [4.69, 9.17) is 4.98 Å². The Kier molecular flexibility index (Phi) is 8.40. The Morgan fingerprint density at radius 1 is 0.911 bits per heavy atom. The third-order valence-electron chi connectivity index (χ3n) is 7.05. The lowest BCUT2D eigenvalue weighted by molar-refractivity contribution is -0.115. The van der Waals surface area contributed by atoms with Crippen molar-refractivity contribution in [2.45, 2.75) is 6.04 Å². The van der Waals surface area contributed by atoms with Crippen LogP contribution in [0.3, 0.4) is 0 Å². The van der Waals surface area contributed by atoms with Crippen LogP contribution in [0, 0.1) is 11.6 Å². The number of nitrogens with zero attached hydrogens (tertiary/aromatic N) is 3. The maximum atomic E-state index is 14.2. The Labute approximate surface area is 257 Å². The molecule has 1 unspecified atom stereocenters. The van der Waals surface area contributed by atoms with Gasteiger partial charge in [-0.3, -0.25) is 14.6 Å². The van der Waals surface area contributed by atoms with E-state index in [0.29, 0.717) is 23.0 Å². The van der Waals surface area contributed by atoms with E-state index in [0.717, 1.165) is 34.7 Å². The Balaban J connectivity index is 1.26. The zero-order chi connectivity index (χ0) is 31.3. The van der Waals surface area contributed by atoms with Crippen molar-refractivity contribution in [3.8, 4) is 0 Å². The fourth-order valence-electron chi connectivity index (χ4n) is 5.05. The van der Waals surface area contributed by atoms with E-state index in [1.165, 1.54) is 6.07 Å². The first kappa shape index (κ1) is 29.4. The van der Waals surface area contributed by atoms with Crippen molar-refractivity contribution in [3.63, 3.8) is 0 Å². The first-order valence-corrected chi connectivity index (χ1v) is 14.0. The quantitative estimate of drug-likeness (QED) is 0.175. The molecule has 2 aliphatic rings. The Hall–Kier alpha value is -5.72. The molecule has 1 atom stereocenters. The normalized spacial score (nSPS) is 15.2. The smallest absolute Gasteiger partial charge is 0.261 e. The lowest BCUT2D eigenvalue weighted by atomic mass is 9.95. The highest BCUT2D eigenvalue weighted by Gasteiger charge is 2.33. The van der Waals surface area contributed by atoms with Crippen LogP contribution >= 0.6 is 0 Å². The summed E-state index contributed by atoms with van der Waals surface area (Å²) >= 11 is 0. The minimum absolute atomic E-state index is 0.143. The van der Waals surface area contributed by atoms with Crippen molar-refractivity contribution in [1.29, 1.82) is 0 Å². The van der Waals surface area contributed by atoms with Gasteiger partial charge in [0.15, 0.2) is 0 Å². The molecule has 3 heterocycles. The third kappa shape index (κ3) is 6.47. The van der Waals surface area contributed by atoms with Crippen molar-refractivity contribution in [3.05, 3.63) is 138 Å². The summed E-state index contributed by atoms with van der Waals surface area (Å²) in [4.78, 5) is 33.8. The molecular formula is C33H28F2N8O2. The number of anilines is 4. The molecule has 45 heavy (non-hydrogen) atoms. The van der Waals surface area contributed by atoms with Gasteiger partial charge in [0.05, 0.1) is 24.0 Å². The number of aromatic nitrogens is 2. The highest BCUT2D eigenvalue weighted by atomic mass is 19.1. The summed E-state index contributed by atoms with van der Waals surface area (Å²) in [5.74, 6) is -2.54. The fraction of sp³-hybridized carbons (Fsp3) is 0.0909. The van der Waals surface area contributed by atoms with E-state index in [9.17, 15) is 18.4 Å². The van der Waals surface area contributed by atoms with E-state index >= 15 is 0 Å². The molecule has 0 saturated heterocycles. The zero-order valence-electron chi connectivity index (χ0n) is 24.0. The van der Waals surface area contributed by atoms with Gasteiger partial charge in [0.1, 0.15) is 17.2 Å². The number of hydrogen-bond acceptors (Lipinski definition) is 8. The largest absolute Gasteiger partial charge is 0.325 e. The minimum atomic E-state index is -0.941. The van der Waals surface area contributed by atoms with Crippen molar-refractivity contribution in [2.24, 2.45) is 0 Å². The van der Waals surface area contributed by atoms with Crippen LogP contribution in [0.5, 0.6) is 0 Å². The number of allylic oxidation sites excluding steroid dienone is 3. The molecule has 2 amide bonds. The molecule has 0 aliphatic carbocycles.